The van der Waals surface area contributed by atoms with Crippen molar-refractivity contribution in [3.63, 3.8) is 0 Å². The Morgan fingerprint density at radius 2 is 1.03 bits per heavy atom. The third kappa shape index (κ3) is 3.62. The van der Waals surface area contributed by atoms with Gasteiger partial charge in [0.15, 0.2) is 23.0 Å². The van der Waals surface area contributed by atoms with Crippen LogP contribution in [0.2, 0.25) is 0 Å². The highest BCUT2D eigenvalue weighted by molar-refractivity contribution is 6.39. The SMILES string of the molecule is CC[O][Al-]1[O]c2cc(OC)c(OC)c(OC)c2-c2c(cc(OC)c(OC)c2OC)[O]1. The van der Waals surface area contributed by atoms with Crippen LogP contribution >= 0.6 is 0 Å². The van der Waals surface area contributed by atoms with Crippen molar-refractivity contribution in [3.05, 3.63) is 12.1 Å². The fourth-order valence-electron chi connectivity index (χ4n) is 3.36. The van der Waals surface area contributed by atoms with Crippen LogP contribution in [0.4, 0.5) is 0 Å². The normalized spacial score (nSPS) is 12.5. The van der Waals surface area contributed by atoms with Crippen molar-refractivity contribution in [2.75, 3.05) is 49.3 Å². The van der Waals surface area contributed by atoms with Gasteiger partial charge in [-0.25, -0.2) is 0 Å². The first kappa shape index (κ1) is 22.0. The molecule has 1 aliphatic rings. The molecule has 10 heteroatoms. The quantitative estimate of drug-likeness (QED) is 0.580. The first-order valence-corrected chi connectivity index (χ1v) is 10.6. The van der Waals surface area contributed by atoms with E-state index >= 15 is 0 Å². The Morgan fingerprint density at radius 3 is 1.33 bits per heavy atom. The van der Waals surface area contributed by atoms with E-state index in [4.69, 9.17) is 39.8 Å². The highest BCUT2D eigenvalue weighted by Crippen LogP contribution is 2.59. The summed E-state index contributed by atoms with van der Waals surface area (Å²) in [6, 6.07) is 3.43. The summed E-state index contributed by atoms with van der Waals surface area (Å²) in [5, 5.41) is 0. The van der Waals surface area contributed by atoms with Gasteiger partial charge in [0, 0.05) is 12.1 Å². The van der Waals surface area contributed by atoms with Crippen LogP contribution < -0.4 is 36.0 Å². The highest BCUT2D eigenvalue weighted by atomic mass is 27.3. The van der Waals surface area contributed by atoms with Crippen LogP contribution in [0.3, 0.4) is 0 Å². The Hall–Kier alpha value is -2.67. The molecule has 3 rings (SSSR count). The monoisotopic (exact) mass is 436 g/mol. The van der Waals surface area contributed by atoms with E-state index in [-0.39, 0.29) is 0 Å². The molecule has 9 nitrogen and oxygen atoms in total. The zero-order valence-corrected chi connectivity index (χ0v) is 19.3. The van der Waals surface area contributed by atoms with Gasteiger partial charge in [0.25, 0.3) is 0 Å². The van der Waals surface area contributed by atoms with Crippen LogP contribution in [0, 0.1) is 0 Å². The molecule has 0 saturated heterocycles. The molecule has 2 aromatic rings. The fourth-order valence-corrected chi connectivity index (χ4v) is 4.61. The lowest BCUT2D eigenvalue weighted by atomic mass is 9.99. The molecule has 0 saturated carbocycles. The van der Waals surface area contributed by atoms with Gasteiger partial charge >= 0.3 is 15.1 Å². The average Bonchev–Trinajstić information content (AvgIpc) is 2.92. The van der Waals surface area contributed by atoms with Gasteiger partial charge in [-0.3, -0.25) is 0 Å². The van der Waals surface area contributed by atoms with Crippen LogP contribution in [-0.4, -0.2) is 64.4 Å². The maximum absolute atomic E-state index is 6.15. The van der Waals surface area contributed by atoms with Crippen molar-refractivity contribution in [1.82, 2.24) is 0 Å². The van der Waals surface area contributed by atoms with Crippen molar-refractivity contribution in [3.8, 4) is 57.1 Å². The fraction of sp³-hybridized carbons (Fsp3) is 0.400. The van der Waals surface area contributed by atoms with E-state index < -0.39 is 15.1 Å². The van der Waals surface area contributed by atoms with Gasteiger partial charge in [-0.15, -0.1) is 0 Å². The molecule has 30 heavy (non-hydrogen) atoms. The molecule has 2 aromatic carbocycles. The van der Waals surface area contributed by atoms with Crippen molar-refractivity contribution >= 4 is 15.1 Å². The van der Waals surface area contributed by atoms with Crippen molar-refractivity contribution in [2.24, 2.45) is 0 Å². The molecular weight excluding hydrogens is 411 g/mol. The Labute approximate surface area is 180 Å². The first-order valence-electron chi connectivity index (χ1n) is 9.19. The minimum atomic E-state index is -2.63. The second-order valence-electron chi connectivity index (χ2n) is 6.02. The molecule has 1 aliphatic heterocycles. The van der Waals surface area contributed by atoms with E-state index in [1.54, 1.807) is 12.1 Å². The summed E-state index contributed by atoms with van der Waals surface area (Å²) in [5.41, 5.74) is 1.13. The van der Waals surface area contributed by atoms with E-state index in [1.165, 1.54) is 42.7 Å². The smallest absolute Gasteiger partial charge is 0.748 e. The van der Waals surface area contributed by atoms with Crippen LogP contribution in [0.25, 0.3) is 11.1 Å². The summed E-state index contributed by atoms with van der Waals surface area (Å²) in [7, 11) is 9.21. The summed E-state index contributed by atoms with van der Waals surface area (Å²) in [4.78, 5) is 0. The summed E-state index contributed by atoms with van der Waals surface area (Å²) >= 11 is -2.63. The van der Waals surface area contributed by atoms with Gasteiger partial charge in [-0.05, 0) is 13.5 Å². The third-order valence-electron chi connectivity index (χ3n) is 4.59. The van der Waals surface area contributed by atoms with Gasteiger partial charge < -0.3 is 39.8 Å². The van der Waals surface area contributed by atoms with Crippen LogP contribution in [0.5, 0.6) is 46.0 Å². The third-order valence-corrected chi connectivity index (χ3v) is 6.09. The zero-order valence-electron chi connectivity index (χ0n) is 18.1. The lowest BCUT2D eigenvalue weighted by molar-refractivity contribution is 0.213. The number of hydrogen-bond donors (Lipinski definition) is 0. The molecule has 1 heterocycles. The second-order valence-corrected chi connectivity index (χ2v) is 7.40. The van der Waals surface area contributed by atoms with E-state index in [1.807, 2.05) is 6.92 Å². The van der Waals surface area contributed by atoms with Gasteiger partial charge in [0.1, 0.15) is 0 Å². The standard InChI is InChI=1S/C18H22O8.C2H5O.Al/c1-21-11-7-9(19)13(17(25-5)15(11)23-3)14-10(20)8-12(22-2)16(24-4)18(14)26-6;1-2-3;/h7-8,19-20H,1-6H3;2H2,1H3;/q;-1;+2/p-2. The number of ether oxygens (including phenoxy) is 6. The predicted octanol–water partition coefficient (Wildman–Crippen LogP) is 3.20. The molecule has 0 aliphatic carbocycles. The maximum atomic E-state index is 6.15. The molecule has 0 N–H and O–H groups in total. The molecule has 163 valence electrons. The largest absolute Gasteiger partial charge is 0.763 e. The molecule has 0 bridgehead atoms. The zero-order chi connectivity index (χ0) is 21.8. The van der Waals surface area contributed by atoms with Gasteiger partial charge in [0.2, 0.25) is 11.5 Å². The molecular formula is C20H25AlO9-. The van der Waals surface area contributed by atoms with Crippen molar-refractivity contribution < 1.29 is 39.8 Å². The number of fused-ring (bicyclic) bond motifs is 3. The van der Waals surface area contributed by atoms with E-state index in [0.29, 0.717) is 63.7 Å². The number of methoxy groups -OCH3 is 6. The molecule has 0 unspecified atom stereocenters. The number of benzene rings is 2. The van der Waals surface area contributed by atoms with E-state index in [0.717, 1.165) is 0 Å². The average molecular weight is 436 g/mol. The summed E-state index contributed by atoms with van der Waals surface area (Å²) in [5.74, 6) is 3.41. The summed E-state index contributed by atoms with van der Waals surface area (Å²) in [6.45, 7) is 2.30. The lowest BCUT2D eigenvalue weighted by Crippen LogP contribution is -2.33. The van der Waals surface area contributed by atoms with Gasteiger partial charge in [-0.2, -0.15) is 0 Å². The molecule has 1 radical (unpaired) electrons. The Balaban J connectivity index is 2.46. The first-order chi connectivity index (χ1) is 14.6. The van der Waals surface area contributed by atoms with Crippen molar-refractivity contribution in [1.29, 1.82) is 0 Å². The molecule has 0 fully saturated rings. The van der Waals surface area contributed by atoms with Crippen LogP contribution in [0.1, 0.15) is 6.92 Å². The number of rotatable bonds is 8. The van der Waals surface area contributed by atoms with Gasteiger partial charge in [0.05, 0.1) is 65.3 Å². The predicted molar refractivity (Wildman–Crippen MR) is 110 cm³/mol. The summed E-state index contributed by atoms with van der Waals surface area (Å²) in [6.07, 6.45) is 0. The maximum Gasteiger partial charge on any atom is 0.748 e. The Bertz CT molecular complexity index is 845. The molecule has 0 spiro atoms. The highest BCUT2D eigenvalue weighted by Gasteiger charge is 2.34. The van der Waals surface area contributed by atoms with Gasteiger partial charge in [-0.1, -0.05) is 0 Å². The molecule has 0 aromatic heterocycles. The lowest BCUT2D eigenvalue weighted by Gasteiger charge is -2.28. The summed E-state index contributed by atoms with van der Waals surface area (Å²) < 4.78 is 51.6. The minimum Gasteiger partial charge on any atom is -0.763 e. The second kappa shape index (κ2) is 9.43. The van der Waals surface area contributed by atoms with Crippen LogP contribution in [0.15, 0.2) is 12.1 Å². The Kier molecular flexibility index (Phi) is 6.92. The molecule has 0 atom stereocenters. The Morgan fingerprint density at radius 1 is 0.633 bits per heavy atom. The minimum absolute atomic E-state index is 0.397. The topological polar surface area (TPSA) is 83.1 Å². The van der Waals surface area contributed by atoms with E-state index in [9.17, 15) is 0 Å². The number of hydrogen-bond acceptors (Lipinski definition) is 9. The van der Waals surface area contributed by atoms with Crippen LogP contribution in [-0.2, 0) is 3.79 Å². The molecule has 0 amide bonds. The van der Waals surface area contributed by atoms with E-state index in [2.05, 4.69) is 0 Å². The van der Waals surface area contributed by atoms with Crippen molar-refractivity contribution in [2.45, 2.75) is 6.92 Å².